The lowest BCUT2D eigenvalue weighted by atomic mass is 10.0. The molecule has 0 radical (unpaired) electrons. The molecule has 1 N–H and O–H groups in total. The first-order valence-electron chi connectivity index (χ1n) is 7.76. The van der Waals surface area contributed by atoms with Gasteiger partial charge in [-0.05, 0) is 23.8 Å². The maximum atomic E-state index is 6.32. The van der Waals surface area contributed by atoms with Crippen LogP contribution in [0.5, 0.6) is 0 Å². The zero-order chi connectivity index (χ0) is 15.6. The molecule has 0 amide bonds. The maximum absolute atomic E-state index is 6.32. The predicted molar refractivity (Wildman–Crippen MR) is 91.4 cm³/mol. The average molecular weight is 325 g/mol. The van der Waals surface area contributed by atoms with Crippen LogP contribution in [0.4, 0.5) is 0 Å². The van der Waals surface area contributed by atoms with E-state index in [1.54, 1.807) is 6.20 Å². The predicted octanol–water partition coefficient (Wildman–Crippen LogP) is 3.29. The molecule has 0 spiro atoms. The van der Waals surface area contributed by atoms with Crippen molar-refractivity contribution >= 4 is 11.6 Å². The first-order valence-corrected chi connectivity index (χ1v) is 8.14. The molecule has 1 aliphatic rings. The number of hydrogen-bond donors (Lipinski definition) is 1. The van der Waals surface area contributed by atoms with E-state index in [0.717, 1.165) is 41.4 Å². The quantitative estimate of drug-likeness (QED) is 0.804. The van der Waals surface area contributed by atoms with E-state index in [2.05, 4.69) is 27.1 Å². The Morgan fingerprint density at radius 3 is 2.91 bits per heavy atom. The van der Waals surface area contributed by atoms with Crippen LogP contribution >= 0.6 is 11.6 Å². The standard InChI is InChI=1S/C18H17ClN4/c19-16-6-2-1-4-14(16)12-23-17-7-9-21-11-15(17)18(22-23)13-5-3-8-20-10-13/h1-6,8,10,21H,7,9,11-12H2. The van der Waals surface area contributed by atoms with Gasteiger partial charge in [-0.1, -0.05) is 29.8 Å². The van der Waals surface area contributed by atoms with Gasteiger partial charge in [0.15, 0.2) is 0 Å². The number of nitrogens with one attached hydrogen (secondary N) is 1. The lowest BCUT2D eigenvalue weighted by Crippen LogP contribution is -2.25. The first-order chi connectivity index (χ1) is 11.3. The van der Waals surface area contributed by atoms with Crippen molar-refractivity contribution in [3.63, 3.8) is 0 Å². The summed E-state index contributed by atoms with van der Waals surface area (Å²) in [5.41, 5.74) is 5.74. The van der Waals surface area contributed by atoms with Crippen LogP contribution in [0.2, 0.25) is 5.02 Å². The molecule has 0 unspecified atom stereocenters. The van der Waals surface area contributed by atoms with Gasteiger partial charge in [0.25, 0.3) is 0 Å². The van der Waals surface area contributed by atoms with Crippen molar-refractivity contribution in [2.75, 3.05) is 6.54 Å². The van der Waals surface area contributed by atoms with E-state index >= 15 is 0 Å². The summed E-state index contributed by atoms with van der Waals surface area (Å²) in [5.74, 6) is 0. The summed E-state index contributed by atoms with van der Waals surface area (Å²) in [7, 11) is 0. The van der Waals surface area contributed by atoms with E-state index in [1.807, 2.05) is 30.5 Å². The zero-order valence-electron chi connectivity index (χ0n) is 12.7. The normalized spacial score (nSPS) is 13.8. The zero-order valence-corrected chi connectivity index (χ0v) is 13.4. The number of rotatable bonds is 3. The molecule has 1 aliphatic heterocycles. The highest BCUT2D eigenvalue weighted by Gasteiger charge is 2.21. The third-order valence-corrected chi connectivity index (χ3v) is 4.59. The summed E-state index contributed by atoms with van der Waals surface area (Å²) in [4.78, 5) is 4.23. The van der Waals surface area contributed by atoms with Crippen LogP contribution < -0.4 is 5.32 Å². The summed E-state index contributed by atoms with van der Waals surface area (Å²) in [6.07, 6.45) is 4.64. The van der Waals surface area contributed by atoms with Gasteiger partial charge >= 0.3 is 0 Å². The molecule has 23 heavy (non-hydrogen) atoms. The Labute approximate surface area is 140 Å². The van der Waals surface area contributed by atoms with Crippen molar-refractivity contribution in [3.05, 3.63) is 70.6 Å². The number of aromatic nitrogens is 3. The Bertz CT molecular complexity index is 826. The molecule has 0 fully saturated rings. The molecule has 0 atom stereocenters. The van der Waals surface area contributed by atoms with Gasteiger partial charge in [-0.15, -0.1) is 0 Å². The molecular formula is C18H17ClN4. The molecule has 0 bridgehead atoms. The van der Waals surface area contributed by atoms with Gasteiger partial charge in [-0.2, -0.15) is 5.10 Å². The average Bonchev–Trinajstić information content (AvgIpc) is 2.97. The van der Waals surface area contributed by atoms with Gasteiger partial charge in [0.2, 0.25) is 0 Å². The molecule has 0 saturated carbocycles. The minimum absolute atomic E-state index is 0.697. The molecule has 1 aromatic carbocycles. The van der Waals surface area contributed by atoms with Gasteiger partial charge in [0.05, 0.1) is 12.2 Å². The van der Waals surface area contributed by atoms with E-state index < -0.39 is 0 Å². The second kappa shape index (κ2) is 6.14. The Morgan fingerprint density at radius 1 is 1.17 bits per heavy atom. The second-order valence-electron chi connectivity index (χ2n) is 5.69. The highest BCUT2D eigenvalue weighted by molar-refractivity contribution is 6.31. The fourth-order valence-electron chi connectivity index (χ4n) is 3.07. The third kappa shape index (κ3) is 2.76. The molecule has 5 heteroatoms. The maximum Gasteiger partial charge on any atom is 0.0986 e. The molecular weight excluding hydrogens is 308 g/mol. The largest absolute Gasteiger partial charge is 0.312 e. The van der Waals surface area contributed by atoms with E-state index in [0.29, 0.717) is 6.54 Å². The van der Waals surface area contributed by atoms with Gasteiger partial charge in [-0.3, -0.25) is 9.67 Å². The van der Waals surface area contributed by atoms with Crippen LogP contribution in [-0.4, -0.2) is 21.3 Å². The molecule has 4 rings (SSSR count). The van der Waals surface area contributed by atoms with Crippen LogP contribution in [0.15, 0.2) is 48.8 Å². The number of hydrogen-bond acceptors (Lipinski definition) is 3. The van der Waals surface area contributed by atoms with Crippen molar-refractivity contribution < 1.29 is 0 Å². The summed E-state index contributed by atoms with van der Waals surface area (Å²) in [5, 5.41) is 9.10. The highest BCUT2D eigenvalue weighted by Crippen LogP contribution is 2.28. The van der Waals surface area contributed by atoms with Gasteiger partial charge < -0.3 is 5.32 Å². The number of pyridine rings is 1. The fourth-order valence-corrected chi connectivity index (χ4v) is 3.27. The molecule has 3 heterocycles. The van der Waals surface area contributed by atoms with Gasteiger partial charge in [-0.25, -0.2) is 0 Å². The minimum Gasteiger partial charge on any atom is -0.312 e. The van der Waals surface area contributed by atoms with Crippen LogP contribution in [0, 0.1) is 0 Å². The summed E-state index contributed by atoms with van der Waals surface area (Å²) in [6.45, 7) is 2.53. The Kier molecular flexibility index (Phi) is 3.85. The topological polar surface area (TPSA) is 42.7 Å². The molecule has 2 aromatic heterocycles. The molecule has 116 valence electrons. The molecule has 0 saturated heterocycles. The Balaban J connectivity index is 1.79. The number of benzene rings is 1. The van der Waals surface area contributed by atoms with Crippen LogP contribution in [0.3, 0.4) is 0 Å². The van der Waals surface area contributed by atoms with Crippen molar-refractivity contribution in [2.24, 2.45) is 0 Å². The van der Waals surface area contributed by atoms with Crippen molar-refractivity contribution in [1.82, 2.24) is 20.1 Å². The smallest absolute Gasteiger partial charge is 0.0986 e. The SMILES string of the molecule is Clc1ccccc1Cn1nc(-c2cccnc2)c2c1CCNC2. The van der Waals surface area contributed by atoms with Crippen molar-refractivity contribution in [1.29, 1.82) is 0 Å². The molecule has 3 aromatic rings. The second-order valence-corrected chi connectivity index (χ2v) is 6.10. The number of halogens is 1. The molecule has 4 nitrogen and oxygen atoms in total. The van der Waals surface area contributed by atoms with Gasteiger partial charge in [0.1, 0.15) is 0 Å². The van der Waals surface area contributed by atoms with E-state index in [1.165, 1.54) is 11.3 Å². The summed E-state index contributed by atoms with van der Waals surface area (Å²) < 4.78 is 2.10. The first kappa shape index (κ1) is 14.4. The van der Waals surface area contributed by atoms with Crippen LogP contribution in [0.1, 0.15) is 16.8 Å². The van der Waals surface area contributed by atoms with Crippen LogP contribution in [-0.2, 0) is 19.5 Å². The van der Waals surface area contributed by atoms with E-state index in [9.17, 15) is 0 Å². The third-order valence-electron chi connectivity index (χ3n) is 4.22. The lowest BCUT2D eigenvalue weighted by Gasteiger charge is -2.16. The Hall–Kier alpha value is -2.17. The summed E-state index contributed by atoms with van der Waals surface area (Å²) >= 11 is 6.32. The highest BCUT2D eigenvalue weighted by atomic mass is 35.5. The van der Waals surface area contributed by atoms with Crippen molar-refractivity contribution in [2.45, 2.75) is 19.5 Å². The lowest BCUT2D eigenvalue weighted by molar-refractivity contribution is 0.582. The van der Waals surface area contributed by atoms with Crippen molar-refractivity contribution in [3.8, 4) is 11.3 Å². The monoisotopic (exact) mass is 324 g/mol. The summed E-state index contributed by atoms with van der Waals surface area (Å²) in [6, 6.07) is 12.0. The van der Waals surface area contributed by atoms with Gasteiger partial charge in [0, 0.05) is 53.7 Å². The van der Waals surface area contributed by atoms with Crippen LogP contribution in [0.25, 0.3) is 11.3 Å². The number of fused-ring (bicyclic) bond motifs is 1. The van der Waals surface area contributed by atoms with E-state index in [4.69, 9.17) is 16.7 Å². The molecule has 0 aliphatic carbocycles. The minimum atomic E-state index is 0.697. The van der Waals surface area contributed by atoms with E-state index in [-0.39, 0.29) is 0 Å². The fraction of sp³-hybridized carbons (Fsp3) is 0.222. The Morgan fingerprint density at radius 2 is 2.09 bits per heavy atom. The number of nitrogens with zero attached hydrogens (tertiary/aromatic N) is 3.